The Morgan fingerprint density at radius 3 is 2.45 bits per heavy atom. The standard InChI is InChI=1S/C24H26N2O3/c1-14-8-11-18-20(12-14)24(29)26(23(18)28)21-7-5-4-6-19(21)22(27)25-17-10-9-15(2)16(3)13-17/h4-7,9-10,13-14,18,20H,8,11-12H2,1-3H3,(H,25,27)/t14-,18+,20+/m0/s1. The monoisotopic (exact) mass is 390 g/mol. The number of carbonyl (C=O) groups is 3. The molecule has 3 amide bonds. The summed E-state index contributed by atoms with van der Waals surface area (Å²) in [5, 5.41) is 2.90. The number of carbonyl (C=O) groups excluding carboxylic acids is 3. The smallest absolute Gasteiger partial charge is 0.257 e. The van der Waals surface area contributed by atoms with Crippen molar-refractivity contribution in [3.05, 3.63) is 59.2 Å². The van der Waals surface area contributed by atoms with Crippen molar-refractivity contribution in [2.24, 2.45) is 17.8 Å². The lowest BCUT2D eigenvalue weighted by molar-refractivity contribution is -0.122. The van der Waals surface area contributed by atoms with E-state index in [1.54, 1.807) is 24.3 Å². The Kier molecular flexibility index (Phi) is 4.99. The van der Waals surface area contributed by atoms with Crippen LogP contribution in [0, 0.1) is 31.6 Å². The molecule has 150 valence electrons. The second-order valence-corrected chi connectivity index (χ2v) is 8.41. The third kappa shape index (κ3) is 3.46. The quantitative estimate of drug-likeness (QED) is 0.786. The van der Waals surface area contributed by atoms with Gasteiger partial charge in [0, 0.05) is 5.69 Å². The fraction of sp³-hybridized carbons (Fsp3) is 0.375. The number of rotatable bonds is 3. The largest absolute Gasteiger partial charge is 0.322 e. The van der Waals surface area contributed by atoms with Gasteiger partial charge >= 0.3 is 0 Å². The van der Waals surface area contributed by atoms with Crippen LogP contribution in [0.3, 0.4) is 0 Å². The van der Waals surface area contributed by atoms with Gasteiger partial charge < -0.3 is 5.32 Å². The highest BCUT2D eigenvalue weighted by Gasteiger charge is 2.50. The topological polar surface area (TPSA) is 66.5 Å². The van der Waals surface area contributed by atoms with Gasteiger partial charge in [0.1, 0.15) is 0 Å². The van der Waals surface area contributed by atoms with Crippen molar-refractivity contribution in [2.75, 3.05) is 10.2 Å². The molecule has 29 heavy (non-hydrogen) atoms. The van der Waals surface area contributed by atoms with Gasteiger partial charge in [-0.05, 0) is 74.4 Å². The molecule has 5 heteroatoms. The molecule has 3 atom stereocenters. The molecule has 1 aliphatic heterocycles. The van der Waals surface area contributed by atoms with Gasteiger partial charge in [-0.2, -0.15) is 0 Å². The van der Waals surface area contributed by atoms with Crippen LogP contribution >= 0.6 is 0 Å². The first-order chi connectivity index (χ1) is 13.9. The SMILES string of the molecule is Cc1ccc(NC(=O)c2ccccc2N2C(=O)[C@@H]3CC[C@H](C)C[C@H]3C2=O)cc1C. The van der Waals surface area contributed by atoms with Gasteiger partial charge in [-0.1, -0.05) is 25.1 Å². The van der Waals surface area contributed by atoms with Gasteiger partial charge in [0.15, 0.2) is 0 Å². The molecule has 2 aromatic carbocycles. The Bertz CT molecular complexity index is 997. The lowest BCUT2D eigenvalue weighted by Gasteiger charge is -2.25. The first-order valence-corrected chi connectivity index (χ1v) is 10.2. The molecule has 1 heterocycles. The second kappa shape index (κ2) is 7.47. The summed E-state index contributed by atoms with van der Waals surface area (Å²) in [5.74, 6) is -0.739. The zero-order valence-corrected chi connectivity index (χ0v) is 17.1. The molecule has 0 unspecified atom stereocenters. The number of amides is 3. The number of imide groups is 1. The minimum absolute atomic E-state index is 0.168. The minimum atomic E-state index is -0.326. The number of para-hydroxylation sites is 1. The summed E-state index contributed by atoms with van der Waals surface area (Å²) in [4.78, 5) is 40.4. The zero-order chi connectivity index (χ0) is 20.7. The van der Waals surface area contributed by atoms with E-state index in [4.69, 9.17) is 0 Å². The molecule has 1 aliphatic carbocycles. The maximum Gasteiger partial charge on any atom is 0.257 e. The molecule has 0 spiro atoms. The molecular formula is C24H26N2O3. The lowest BCUT2D eigenvalue weighted by atomic mass is 9.76. The van der Waals surface area contributed by atoms with Crippen LogP contribution in [0.4, 0.5) is 11.4 Å². The predicted molar refractivity (Wildman–Crippen MR) is 113 cm³/mol. The van der Waals surface area contributed by atoms with Gasteiger partial charge in [0.2, 0.25) is 11.8 Å². The lowest BCUT2D eigenvalue weighted by Crippen LogP contribution is -2.33. The van der Waals surface area contributed by atoms with Gasteiger partial charge in [-0.15, -0.1) is 0 Å². The van der Waals surface area contributed by atoms with Crippen LogP contribution in [-0.4, -0.2) is 17.7 Å². The van der Waals surface area contributed by atoms with Crippen molar-refractivity contribution in [3.63, 3.8) is 0 Å². The van der Waals surface area contributed by atoms with Crippen LogP contribution in [0.25, 0.3) is 0 Å². The summed E-state index contributed by atoms with van der Waals surface area (Å²) in [5.41, 5.74) is 3.63. The fourth-order valence-corrected chi connectivity index (χ4v) is 4.51. The number of benzene rings is 2. The van der Waals surface area contributed by atoms with E-state index in [0.29, 0.717) is 22.9 Å². The van der Waals surface area contributed by atoms with E-state index in [1.165, 1.54) is 4.90 Å². The molecule has 5 nitrogen and oxygen atoms in total. The van der Waals surface area contributed by atoms with E-state index < -0.39 is 0 Å². The Labute approximate surface area is 171 Å². The number of aryl methyl sites for hydroxylation is 2. The van der Waals surface area contributed by atoms with Gasteiger partial charge in [-0.25, -0.2) is 4.90 Å². The molecule has 1 saturated carbocycles. The van der Waals surface area contributed by atoms with Crippen molar-refractivity contribution in [3.8, 4) is 0 Å². The highest BCUT2D eigenvalue weighted by molar-refractivity contribution is 6.24. The van der Waals surface area contributed by atoms with Crippen molar-refractivity contribution in [1.82, 2.24) is 0 Å². The first-order valence-electron chi connectivity index (χ1n) is 10.2. The van der Waals surface area contributed by atoms with E-state index in [0.717, 1.165) is 30.4 Å². The van der Waals surface area contributed by atoms with Crippen LogP contribution in [0.5, 0.6) is 0 Å². The third-order valence-electron chi connectivity index (χ3n) is 6.34. The fourth-order valence-electron chi connectivity index (χ4n) is 4.51. The first kappa shape index (κ1) is 19.4. The van der Waals surface area contributed by atoms with Gasteiger partial charge in [0.05, 0.1) is 23.1 Å². The zero-order valence-electron chi connectivity index (χ0n) is 17.1. The van der Waals surface area contributed by atoms with Crippen molar-refractivity contribution in [1.29, 1.82) is 0 Å². The van der Waals surface area contributed by atoms with Crippen molar-refractivity contribution in [2.45, 2.75) is 40.0 Å². The normalized spacial score (nSPS) is 23.8. The van der Waals surface area contributed by atoms with E-state index in [-0.39, 0.29) is 29.6 Å². The number of nitrogens with one attached hydrogen (secondary N) is 1. The number of fused-ring (bicyclic) bond motifs is 1. The van der Waals surface area contributed by atoms with Crippen LogP contribution in [-0.2, 0) is 9.59 Å². The van der Waals surface area contributed by atoms with E-state index in [9.17, 15) is 14.4 Å². The van der Waals surface area contributed by atoms with Gasteiger partial charge in [-0.3, -0.25) is 14.4 Å². The summed E-state index contributed by atoms with van der Waals surface area (Å²) < 4.78 is 0. The van der Waals surface area contributed by atoms with Crippen LogP contribution in [0.1, 0.15) is 47.7 Å². The molecular weight excluding hydrogens is 364 g/mol. The Morgan fingerprint density at radius 1 is 0.966 bits per heavy atom. The average Bonchev–Trinajstić information content (AvgIpc) is 2.94. The number of nitrogens with zero attached hydrogens (tertiary/aromatic N) is 1. The highest BCUT2D eigenvalue weighted by Crippen LogP contribution is 2.42. The maximum absolute atomic E-state index is 13.1. The summed E-state index contributed by atoms with van der Waals surface area (Å²) in [7, 11) is 0. The predicted octanol–water partition coefficient (Wildman–Crippen LogP) is 4.48. The Balaban J connectivity index is 1.64. The second-order valence-electron chi connectivity index (χ2n) is 8.41. The van der Waals surface area contributed by atoms with E-state index in [1.807, 2.05) is 32.0 Å². The number of hydrogen-bond acceptors (Lipinski definition) is 3. The molecule has 1 saturated heterocycles. The Morgan fingerprint density at radius 2 is 1.69 bits per heavy atom. The van der Waals surface area contributed by atoms with Crippen LogP contribution in [0.15, 0.2) is 42.5 Å². The maximum atomic E-state index is 13.1. The number of anilines is 2. The molecule has 2 aliphatic rings. The molecule has 0 radical (unpaired) electrons. The van der Waals surface area contributed by atoms with E-state index >= 15 is 0 Å². The van der Waals surface area contributed by atoms with E-state index in [2.05, 4.69) is 12.2 Å². The molecule has 0 bridgehead atoms. The summed E-state index contributed by atoms with van der Waals surface area (Å²) in [6, 6.07) is 12.6. The van der Waals surface area contributed by atoms with Crippen molar-refractivity contribution < 1.29 is 14.4 Å². The molecule has 2 aromatic rings. The van der Waals surface area contributed by atoms with Crippen LogP contribution in [0.2, 0.25) is 0 Å². The molecule has 0 aromatic heterocycles. The third-order valence-corrected chi connectivity index (χ3v) is 6.34. The Hall–Kier alpha value is -2.95. The summed E-state index contributed by atoms with van der Waals surface area (Å²) in [6.45, 7) is 6.13. The average molecular weight is 390 g/mol. The highest BCUT2D eigenvalue weighted by atomic mass is 16.2. The molecule has 4 rings (SSSR count). The molecule has 1 N–H and O–H groups in total. The minimum Gasteiger partial charge on any atom is -0.322 e. The molecule has 2 fully saturated rings. The van der Waals surface area contributed by atoms with Crippen molar-refractivity contribution >= 4 is 29.1 Å². The summed E-state index contributed by atoms with van der Waals surface area (Å²) in [6.07, 6.45) is 2.44. The summed E-state index contributed by atoms with van der Waals surface area (Å²) >= 11 is 0. The number of hydrogen-bond donors (Lipinski definition) is 1. The van der Waals surface area contributed by atoms with Gasteiger partial charge in [0.25, 0.3) is 5.91 Å². The van der Waals surface area contributed by atoms with Crippen LogP contribution < -0.4 is 10.2 Å².